The highest BCUT2D eigenvalue weighted by Gasteiger charge is 2.34. The molecule has 1 heterocycles. The van der Waals surface area contributed by atoms with Crippen molar-refractivity contribution in [3.05, 3.63) is 60.1 Å². The summed E-state index contributed by atoms with van der Waals surface area (Å²) in [7, 11) is 0. The van der Waals surface area contributed by atoms with Gasteiger partial charge in [-0.25, -0.2) is 0 Å². The summed E-state index contributed by atoms with van der Waals surface area (Å²) in [4.78, 5) is 6.13. The van der Waals surface area contributed by atoms with Gasteiger partial charge in [0.25, 0.3) is 0 Å². The first-order chi connectivity index (χ1) is 11.2. The Kier molecular flexibility index (Phi) is 6.25. The first-order valence-corrected chi connectivity index (χ1v) is 8.23. The normalized spacial score (nSPS) is 19.2. The molecule has 1 aliphatic rings. The second kappa shape index (κ2) is 8.40. The van der Waals surface area contributed by atoms with Gasteiger partial charge in [-0.2, -0.15) is 0 Å². The van der Waals surface area contributed by atoms with Gasteiger partial charge >= 0.3 is 6.19 Å². The quantitative estimate of drug-likeness (QED) is 0.413. The van der Waals surface area contributed by atoms with E-state index in [4.69, 9.17) is 9.57 Å². The fourth-order valence-electron chi connectivity index (χ4n) is 2.50. The molecule has 1 aliphatic heterocycles. The van der Waals surface area contributed by atoms with Gasteiger partial charge in [-0.05, 0) is 29.3 Å². The van der Waals surface area contributed by atoms with Gasteiger partial charge in [-0.3, -0.25) is 0 Å². The number of nitriles is 1. The van der Waals surface area contributed by atoms with Crippen molar-refractivity contribution in [2.45, 2.75) is 39.2 Å². The van der Waals surface area contributed by atoms with Gasteiger partial charge in [0.05, 0.1) is 6.26 Å². The summed E-state index contributed by atoms with van der Waals surface area (Å²) in [6.07, 6.45) is 10.3. The van der Waals surface area contributed by atoms with E-state index in [1.54, 1.807) is 12.3 Å². The maximum Gasteiger partial charge on any atom is 0.354 e. The second-order valence-electron chi connectivity index (χ2n) is 5.79. The van der Waals surface area contributed by atoms with Crippen LogP contribution in [0.4, 0.5) is 0 Å². The lowest BCUT2D eigenvalue weighted by Gasteiger charge is -2.30. The van der Waals surface area contributed by atoms with Crippen molar-refractivity contribution >= 4 is 0 Å². The minimum absolute atomic E-state index is 0.0316. The molecular formula is C19H25N2O2+. The highest BCUT2D eigenvalue weighted by Crippen LogP contribution is 2.22. The van der Waals surface area contributed by atoms with Crippen molar-refractivity contribution in [1.29, 1.82) is 5.26 Å². The topological polar surface area (TPSA) is 42.2 Å². The molecule has 2 atom stereocenters. The third-order valence-corrected chi connectivity index (χ3v) is 3.96. The van der Waals surface area contributed by atoms with Crippen molar-refractivity contribution in [1.82, 2.24) is 0 Å². The van der Waals surface area contributed by atoms with Crippen LogP contribution in [0.25, 0.3) is 0 Å². The third-order valence-electron chi connectivity index (χ3n) is 3.96. The lowest BCUT2D eigenvalue weighted by Crippen LogP contribution is -2.46. The Hall–Kier alpha value is -2.25. The number of unbranched alkanes of at least 4 members (excludes halogenated alkanes) is 1. The molecule has 0 spiro atoms. The van der Waals surface area contributed by atoms with Crippen molar-refractivity contribution in [3.63, 3.8) is 0 Å². The zero-order valence-electron chi connectivity index (χ0n) is 13.9. The minimum Gasteiger partial charge on any atom is -0.490 e. The monoisotopic (exact) mass is 313 g/mol. The standard InChI is InChI=1S/C19H25N2O2/c1-3-4-13-21(16-20,14-12-18-9-6-5-7-10-18)23-19-11-8-15-22-17(19)2/h5-11,15,17H,3-4,12-14H2,1-2H3/q+1/t17-,21+/m1/s1. The number of quaternary nitrogens is 1. The average Bonchev–Trinajstić information content (AvgIpc) is 2.60. The fourth-order valence-corrected chi connectivity index (χ4v) is 2.50. The maximum absolute atomic E-state index is 9.81. The average molecular weight is 313 g/mol. The van der Waals surface area contributed by atoms with E-state index in [9.17, 15) is 5.26 Å². The van der Waals surface area contributed by atoms with E-state index in [2.05, 4.69) is 25.2 Å². The molecule has 23 heavy (non-hydrogen) atoms. The molecule has 0 amide bonds. The molecule has 1 aromatic carbocycles. The molecule has 0 saturated heterocycles. The number of rotatable bonds is 8. The molecule has 2 rings (SSSR count). The summed E-state index contributed by atoms with van der Waals surface area (Å²) in [6.45, 7) is 5.35. The van der Waals surface area contributed by atoms with Crippen LogP contribution >= 0.6 is 0 Å². The summed E-state index contributed by atoms with van der Waals surface area (Å²) in [5.74, 6) is 0.707. The number of hydrogen-bond donors (Lipinski definition) is 0. The van der Waals surface area contributed by atoms with Crippen molar-refractivity contribution in [3.8, 4) is 6.19 Å². The molecule has 0 fully saturated rings. The minimum atomic E-state index is -0.163. The molecule has 1 aromatic rings. The SMILES string of the molecule is CCCC[N@@+](C#N)(CCc1ccccc1)OC1=CC=CO[C@@H]1C. The predicted octanol–water partition coefficient (Wildman–Crippen LogP) is 4.07. The smallest absolute Gasteiger partial charge is 0.354 e. The molecule has 0 bridgehead atoms. The number of benzene rings is 1. The molecule has 4 nitrogen and oxygen atoms in total. The number of nitrogens with zero attached hydrogens (tertiary/aromatic N) is 2. The van der Waals surface area contributed by atoms with Crippen LogP contribution in [0.3, 0.4) is 0 Å². The molecule has 122 valence electrons. The third kappa shape index (κ3) is 4.87. The van der Waals surface area contributed by atoms with Crippen molar-refractivity contribution in [2.24, 2.45) is 0 Å². The summed E-state index contributed by atoms with van der Waals surface area (Å²) in [6, 6.07) is 10.2. The molecule has 0 aliphatic carbocycles. The molecule has 0 aromatic heterocycles. The molecule has 4 heteroatoms. The predicted molar refractivity (Wildman–Crippen MR) is 89.5 cm³/mol. The number of allylic oxidation sites excluding steroid dienone is 2. The molecular weight excluding hydrogens is 288 g/mol. The molecule has 0 N–H and O–H groups in total. The van der Waals surface area contributed by atoms with Crippen molar-refractivity contribution in [2.75, 3.05) is 13.1 Å². The van der Waals surface area contributed by atoms with E-state index in [1.165, 1.54) is 5.56 Å². The van der Waals surface area contributed by atoms with Gasteiger partial charge in [0.15, 0.2) is 6.10 Å². The number of hydrogen-bond acceptors (Lipinski definition) is 3. The molecule has 0 unspecified atom stereocenters. The zero-order valence-corrected chi connectivity index (χ0v) is 13.9. The van der Waals surface area contributed by atoms with Crippen LogP contribution in [-0.2, 0) is 16.0 Å². The van der Waals surface area contributed by atoms with Gasteiger partial charge < -0.3 is 9.57 Å². The van der Waals surface area contributed by atoms with Gasteiger partial charge in [-0.1, -0.05) is 43.7 Å². The summed E-state index contributed by atoms with van der Waals surface area (Å²) in [5, 5.41) is 9.81. The summed E-state index contributed by atoms with van der Waals surface area (Å²) < 4.78 is 5.42. The number of hydroxylamine groups is 3. The van der Waals surface area contributed by atoms with E-state index in [0.717, 1.165) is 19.3 Å². The summed E-state index contributed by atoms with van der Waals surface area (Å²) >= 11 is 0. The van der Waals surface area contributed by atoms with E-state index in [1.807, 2.05) is 31.2 Å². The summed E-state index contributed by atoms with van der Waals surface area (Å²) in [5.41, 5.74) is 1.21. The van der Waals surface area contributed by atoms with E-state index >= 15 is 0 Å². The Labute approximate surface area is 138 Å². The Morgan fingerprint density at radius 2 is 2.04 bits per heavy atom. The van der Waals surface area contributed by atoms with Crippen LogP contribution in [0.2, 0.25) is 0 Å². The first-order valence-electron chi connectivity index (χ1n) is 8.23. The zero-order chi connectivity index (χ0) is 16.5. The van der Waals surface area contributed by atoms with E-state index in [-0.39, 0.29) is 10.8 Å². The Bertz CT molecular complexity index is 589. The van der Waals surface area contributed by atoms with Gasteiger partial charge in [0.2, 0.25) is 5.76 Å². The largest absolute Gasteiger partial charge is 0.490 e. The molecule has 0 radical (unpaired) electrons. The highest BCUT2D eigenvalue weighted by molar-refractivity contribution is 5.15. The van der Waals surface area contributed by atoms with Crippen LogP contribution in [0.1, 0.15) is 32.3 Å². The molecule has 0 saturated carbocycles. The Morgan fingerprint density at radius 3 is 2.70 bits per heavy atom. The van der Waals surface area contributed by atoms with Crippen molar-refractivity contribution < 1.29 is 14.2 Å². The maximum atomic E-state index is 9.81. The highest BCUT2D eigenvalue weighted by atomic mass is 16.7. The fraction of sp³-hybridized carbons (Fsp3) is 0.421. The lowest BCUT2D eigenvalue weighted by molar-refractivity contribution is -1.05. The van der Waals surface area contributed by atoms with Gasteiger partial charge in [0.1, 0.15) is 13.1 Å². The van der Waals surface area contributed by atoms with Crippen LogP contribution in [0, 0.1) is 11.5 Å². The van der Waals surface area contributed by atoms with Gasteiger partial charge in [0, 0.05) is 12.8 Å². The second-order valence-corrected chi connectivity index (χ2v) is 5.79. The lowest BCUT2D eigenvalue weighted by atomic mass is 10.1. The Balaban J connectivity index is 2.12. The van der Waals surface area contributed by atoms with Crippen LogP contribution in [-0.4, -0.2) is 23.8 Å². The number of ether oxygens (including phenoxy) is 1. The Morgan fingerprint density at radius 1 is 1.26 bits per heavy atom. The van der Waals surface area contributed by atoms with Crippen LogP contribution in [0.5, 0.6) is 0 Å². The van der Waals surface area contributed by atoms with Crippen LogP contribution in [0.15, 0.2) is 54.5 Å². The van der Waals surface area contributed by atoms with Gasteiger partial charge in [-0.15, -0.1) is 5.26 Å². The van der Waals surface area contributed by atoms with E-state index < -0.39 is 0 Å². The first kappa shape index (κ1) is 17.1. The van der Waals surface area contributed by atoms with Crippen LogP contribution < -0.4 is 0 Å². The van der Waals surface area contributed by atoms with E-state index in [0.29, 0.717) is 18.8 Å².